The van der Waals surface area contributed by atoms with Gasteiger partial charge in [-0.05, 0) is 55.4 Å². The Labute approximate surface area is 177 Å². The number of halogens is 1. The van der Waals surface area contributed by atoms with E-state index in [1.165, 1.54) is 12.0 Å². The zero-order chi connectivity index (χ0) is 20.2. The summed E-state index contributed by atoms with van der Waals surface area (Å²) in [6.45, 7) is 0.577. The maximum atomic E-state index is 13.4. The molecule has 4 nitrogen and oxygen atoms in total. The molecule has 0 spiro atoms. The van der Waals surface area contributed by atoms with Crippen molar-refractivity contribution in [3.8, 4) is 0 Å². The van der Waals surface area contributed by atoms with E-state index in [1.54, 1.807) is 24.3 Å². The topological polar surface area (TPSA) is 49.4 Å². The number of hydrogen-bond donors (Lipinski definition) is 1. The second-order valence-electron chi connectivity index (χ2n) is 8.11. The Morgan fingerprint density at radius 1 is 1.03 bits per heavy atom. The number of nitrogens with one attached hydrogen (secondary N) is 1. The minimum Gasteiger partial charge on any atom is -0.354 e. The molecule has 1 N–H and O–H groups in total. The number of carbonyl (C=O) groups excluding carboxylic acids is 2. The summed E-state index contributed by atoms with van der Waals surface area (Å²) >= 11 is 6.11. The molecule has 4 rings (SSSR count). The number of likely N-dealkylation sites (tertiary alicyclic amines) is 1. The highest BCUT2D eigenvalue weighted by Gasteiger charge is 2.47. The molecule has 2 aliphatic rings. The third kappa shape index (κ3) is 4.48. The SMILES string of the molecule is O=C(NCCc1ccccc1)C1CC2CCCCC2N1C(=O)c1cccc(Cl)c1. The molecule has 0 radical (unpaired) electrons. The van der Waals surface area contributed by atoms with Crippen LogP contribution in [0.1, 0.15) is 48.0 Å². The van der Waals surface area contributed by atoms with Crippen LogP contribution < -0.4 is 5.32 Å². The Morgan fingerprint density at radius 3 is 2.62 bits per heavy atom. The van der Waals surface area contributed by atoms with Crippen molar-refractivity contribution in [3.05, 3.63) is 70.7 Å². The Bertz CT molecular complexity index is 870. The zero-order valence-electron chi connectivity index (χ0n) is 16.5. The van der Waals surface area contributed by atoms with E-state index in [4.69, 9.17) is 11.6 Å². The number of benzene rings is 2. The highest BCUT2D eigenvalue weighted by Crippen LogP contribution is 2.40. The van der Waals surface area contributed by atoms with Crippen LogP contribution in [0.3, 0.4) is 0 Å². The summed E-state index contributed by atoms with van der Waals surface area (Å²) in [7, 11) is 0. The lowest BCUT2D eigenvalue weighted by atomic mass is 9.84. The van der Waals surface area contributed by atoms with Crippen molar-refractivity contribution in [3.63, 3.8) is 0 Å². The van der Waals surface area contributed by atoms with Crippen LogP contribution in [0, 0.1) is 5.92 Å². The fourth-order valence-electron chi connectivity index (χ4n) is 4.85. The number of amides is 2. The van der Waals surface area contributed by atoms with Crippen molar-refractivity contribution < 1.29 is 9.59 Å². The quantitative estimate of drug-likeness (QED) is 0.790. The van der Waals surface area contributed by atoms with Crippen molar-refractivity contribution in [2.45, 2.75) is 50.6 Å². The number of rotatable bonds is 5. The minimum atomic E-state index is -0.398. The Hall–Kier alpha value is -2.33. The molecule has 0 aromatic heterocycles. The standard InChI is InChI=1S/C24H27ClN2O2/c25-20-11-6-10-19(15-20)24(29)27-21-12-5-4-9-18(21)16-22(27)23(28)26-14-13-17-7-2-1-3-8-17/h1-3,6-8,10-11,15,18,21-22H,4-5,9,12-14,16H2,(H,26,28). The van der Waals surface area contributed by atoms with Gasteiger partial charge in [0.15, 0.2) is 0 Å². The summed E-state index contributed by atoms with van der Waals surface area (Å²) in [5.41, 5.74) is 1.76. The van der Waals surface area contributed by atoms with Crippen LogP contribution in [-0.4, -0.2) is 35.3 Å². The van der Waals surface area contributed by atoms with Crippen molar-refractivity contribution >= 4 is 23.4 Å². The molecule has 3 atom stereocenters. The smallest absolute Gasteiger partial charge is 0.254 e. The van der Waals surface area contributed by atoms with Gasteiger partial charge in [-0.1, -0.05) is 60.8 Å². The fourth-order valence-corrected chi connectivity index (χ4v) is 5.04. The first kappa shape index (κ1) is 20.0. The van der Waals surface area contributed by atoms with Gasteiger partial charge in [0.25, 0.3) is 5.91 Å². The van der Waals surface area contributed by atoms with Gasteiger partial charge in [-0.3, -0.25) is 9.59 Å². The second-order valence-corrected chi connectivity index (χ2v) is 8.55. The summed E-state index contributed by atoms with van der Waals surface area (Å²) < 4.78 is 0. The van der Waals surface area contributed by atoms with E-state index in [0.717, 1.165) is 32.1 Å². The molecule has 2 amide bonds. The van der Waals surface area contributed by atoms with E-state index >= 15 is 0 Å². The number of fused-ring (bicyclic) bond motifs is 1. The first-order valence-electron chi connectivity index (χ1n) is 10.5. The molecule has 2 aromatic carbocycles. The lowest BCUT2D eigenvalue weighted by Crippen LogP contribution is -2.49. The number of carbonyl (C=O) groups is 2. The molecule has 1 aliphatic carbocycles. The van der Waals surface area contributed by atoms with E-state index < -0.39 is 6.04 Å². The predicted molar refractivity (Wildman–Crippen MR) is 115 cm³/mol. The van der Waals surface area contributed by atoms with E-state index in [0.29, 0.717) is 23.0 Å². The summed E-state index contributed by atoms with van der Waals surface area (Å²) in [4.78, 5) is 28.3. The summed E-state index contributed by atoms with van der Waals surface area (Å²) in [5, 5.41) is 3.61. The van der Waals surface area contributed by atoms with Crippen LogP contribution in [0.2, 0.25) is 5.02 Å². The molecule has 0 bridgehead atoms. The zero-order valence-corrected chi connectivity index (χ0v) is 17.3. The summed E-state index contributed by atoms with van der Waals surface area (Å²) in [6.07, 6.45) is 5.91. The van der Waals surface area contributed by atoms with Gasteiger partial charge < -0.3 is 10.2 Å². The van der Waals surface area contributed by atoms with E-state index in [1.807, 2.05) is 23.1 Å². The van der Waals surface area contributed by atoms with Crippen LogP contribution in [0.15, 0.2) is 54.6 Å². The molecule has 29 heavy (non-hydrogen) atoms. The summed E-state index contributed by atoms with van der Waals surface area (Å²) in [6, 6.07) is 16.9. The highest BCUT2D eigenvalue weighted by atomic mass is 35.5. The molecular formula is C24H27ClN2O2. The maximum Gasteiger partial charge on any atom is 0.254 e. The van der Waals surface area contributed by atoms with Gasteiger partial charge in [0, 0.05) is 23.2 Å². The highest BCUT2D eigenvalue weighted by molar-refractivity contribution is 6.31. The van der Waals surface area contributed by atoms with Crippen molar-refractivity contribution in [2.24, 2.45) is 5.92 Å². The Balaban J connectivity index is 1.48. The van der Waals surface area contributed by atoms with Gasteiger partial charge >= 0.3 is 0 Å². The first-order chi connectivity index (χ1) is 14.1. The molecular weight excluding hydrogens is 384 g/mol. The van der Waals surface area contributed by atoms with Crippen LogP contribution >= 0.6 is 11.6 Å². The normalized spacial score (nSPS) is 23.5. The van der Waals surface area contributed by atoms with Crippen LogP contribution in [0.4, 0.5) is 0 Å². The van der Waals surface area contributed by atoms with Crippen molar-refractivity contribution in [2.75, 3.05) is 6.54 Å². The summed E-state index contributed by atoms with van der Waals surface area (Å²) in [5.74, 6) is 0.299. The monoisotopic (exact) mass is 410 g/mol. The van der Waals surface area contributed by atoms with Gasteiger partial charge in [-0.2, -0.15) is 0 Å². The molecule has 1 saturated heterocycles. The molecule has 152 valence electrons. The largest absolute Gasteiger partial charge is 0.354 e. The van der Waals surface area contributed by atoms with Crippen molar-refractivity contribution in [1.29, 1.82) is 0 Å². The molecule has 2 fully saturated rings. The molecule has 1 heterocycles. The maximum absolute atomic E-state index is 13.4. The molecule has 1 saturated carbocycles. The molecule has 3 unspecified atom stereocenters. The number of nitrogens with zero attached hydrogens (tertiary/aromatic N) is 1. The third-order valence-corrected chi connectivity index (χ3v) is 6.49. The average molecular weight is 411 g/mol. The van der Waals surface area contributed by atoms with Gasteiger partial charge in [-0.25, -0.2) is 0 Å². The second kappa shape index (κ2) is 9.00. The van der Waals surface area contributed by atoms with Crippen molar-refractivity contribution in [1.82, 2.24) is 10.2 Å². The molecule has 2 aromatic rings. The van der Waals surface area contributed by atoms with E-state index in [-0.39, 0.29) is 17.9 Å². The minimum absolute atomic E-state index is 0.0364. The fraction of sp³-hybridized carbons (Fsp3) is 0.417. The lowest BCUT2D eigenvalue weighted by Gasteiger charge is -2.33. The lowest BCUT2D eigenvalue weighted by molar-refractivity contribution is -0.125. The third-order valence-electron chi connectivity index (χ3n) is 6.25. The predicted octanol–water partition coefficient (Wildman–Crippen LogP) is 4.47. The van der Waals surface area contributed by atoms with Crippen LogP contribution in [0.25, 0.3) is 0 Å². The van der Waals surface area contributed by atoms with Crippen LogP contribution in [-0.2, 0) is 11.2 Å². The van der Waals surface area contributed by atoms with Gasteiger partial charge in [-0.15, -0.1) is 0 Å². The van der Waals surface area contributed by atoms with Gasteiger partial charge in [0.05, 0.1) is 0 Å². The number of hydrogen-bond acceptors (Lipinski definition) is 2. The van der Waals surface area contributed by atoms with Gasteiger partial charge in [0.1, 0.15) is 6.04 Å². The Morgan fingerprint density at radius 2 is 1.83 bits per heavy atom. The Kier molecular flexibility index (Phi) is 6.19. The van der Waals surface area contributed by atoms with Crippen LogP contribution in [0.5, 0.6) is 0 Å². The first-order valence-corrected chi connectivity index (χ1v) is 10.9. The van der Waals surface area contributed by atoms with Gasteiger partial charge in [0.2, 0.25) is 5.91 Å². The molecule has 1 aliphatic heterocycles. The van der Waals surface area contributed by atoms with E-state index in [9.17, 15) is 9.59 Å². The van der Waals surface area contributed by atoms with E-state index in [2.05, 4.69) is 17.4 Å². The average Bonchev–Trinajstić information content (AvgIpc) is 3.13. The molecule has 5 heteroatoms.